The van der Waals surface area contributed by atoms with E-state index < -0.39 is 47.9 Å². The quantitative estimate of drug-likeness (QED) is 0.136. The topological polar surface area (TPSA) is 261 Å². The van der Waals surface area contributed by atoms with Crippen LogP contribution in [0.2, 0.25) is 0 Å². The molecule has 14 nitrogen and oxygen atoms in total. The predicted molar refractivity (Wildman–Crippen MR) is 194 cm³/mol. The smallest absolute Gasteiger partial charge is 0.243 e. The van der Waals surface area contributed by atoms with Crippen LogP contribution >= 0.6 is 49.6 Å². The first-order valence-corrected chi connectivity index (χ1v) is 14.7. The monoisotopic (exact) mass is 756 g/mol. The van der Waals surface area contributed by atoms with Crippen molar-refractivity contribution >= 4 is 73.3 Å². The van der Waals surface area contributed by atoms with E-state index in [0.717, 1.165) is 17.5 Å². The number of nitrogens with one attached hydrogen (secondary N) is 4. The fourth-order valence-corrected chi connectivity index (χ4v) is 4.81. The van der Waals surface area contributed by atoms with Crippen LogP contribution in [0.5, 0.6) is 5.75 Å². The molecule has 3 rings (SSSR count). The second-order valence-corrected chi connectivity index (χ2v) is 11.0. The maximum atomic E-state index is 13.5. The summed E-state index contributed by atoms with van der Waals surface area (Å²) in [5, 5.41) is 31.1. The van der Waals surface area contributed by atoms with Gasteiger partial charge in [0.2, 0.25) is 23.6 Å². The lowest BCUT2D eigenvalue weighted by Gasteiger charge is -2.25. The number of amides is 4. The molecular weight excluding hydrogens is 710 g/mol. The number of hydrogen-bond donors (Lipinski definition) is 10. The summed E-state index contributed by atoms with van der Waals surface area (Å²) in [6.07, 6.45) is 0.0151. The first-order valence-electron chi connectivity index (χ1n) is 14.7. The van der Waals surface area contributed by atoms with Crippen molar-refractivity contribution < 1.29 is 29.4 Å². The third kappa shape index (κ3) is 14.7. The molecule has 4 amide bonds. The summed E-state index contributed by atoms with van der Waals surface area (Å²) in [7, 11) is 0. The number of phenolic OH excluding ortho intramolecular Hbond substituents is 1. The normalized spacial score (nSPS) is 18.6. The van der Waals surface area contributed by atoms with Gasteiger partial charge in [0, 0.05) is 38.4 Å². The van der Waals surface area contributed by atoms with Crippen molar-refractivity contribution in [1.29, 1.82) is 0 Å². The van der Waals surface area contributed by atoms with Gasteiger partial charge >= 0.3 is 0 Å². The highest BCUT2D eigenvalue weighted by Gasteiger charge is 2.30. The molecule has 0 aromatic heterocycles. The Kier molecular flexibility index (Phi) is 23.0. The van der Waals surface area contributed by atoms with Gasteiger partial charge in [0.25, 0.3) is 0 Å². The Morgan fingerprint density at radius 3 is 2.29 bits per heavy atom. The van der Waals surface area contributed by atoms with E-state index in [1.807, 2.05) is 12.1 Å². The van der Waals surface area contributed by atoms with Gasteiger partial charge in [0.05, 0.1) is 18.7 Å². The third-order valence-electron chi connectivity index (χ3n) is 7.37. The van der Waals surface area contributed by atoms with Crippen LogP contribution in [-0.4, -0.2) is 90.3 Å². The fourth-order valence-electron chi connectivity index (χ4n) is 4.81. The second-order valence-electron chi connectivity index (χ2n) is 11.0. The first kappa shape index (κ1) is 47.2. The SMILES string of the molecule is Cl.Cl.Cl.Cl.NCCC[C@H](N)CNC(=O)CNC(=O)[C@@H]1Cc2cccc(c2)-c2ccc(O)c(c2)C[C@H](N)C(=O)N[C@@H](C[C@@H](O)CN)C(=O)N1. The zero-order valence-electron chi connectivity index (χ0n) is 26.3. The molecule has 1 aliphatic rings. The van der Waals surface area contributed by atoms with E-state index in [0.29, 0.717) is 24.1 Å². The van der Waals surface area contributed by atoms with Gasteiger partial charge in [0.15, 0.2) is 0 Å². The first-order chi connectivity index (χ1) is 21.0. The number of hydrogen-bond acceptors (Lipinski definition) is 10. The van der Waals surface area contributed by atoms with Crippen molar-refractivity contribution in [3.8, 4) is 16.9 Å². The Balaban J connectivity index is 0. The Hall–Kier alpha value is -2.92. The zero-order chi connectivity index (χ0) is 32.2. The molecular formula is C30H48Cl4N8O6. The molecule has 2 aromatic carbocycles. The van der Waals surface area contributed by atoms with E-state index in [4.69, 9.17) is 22.9 Å². The van der Waals surface area contributed by atoms with Crippen molar-refractivity contribution in [1.82, 2.24) is 21.3 Å². The molecule has 14 N–H and O–H groups in total. The number of nitrogens with two attached hydrogens (primary N) is 4. The highest BCUT2D eigenvalue weighted by atomic mass is 35.5. The van der Waals surface area contributed by atoms with Crippen molar-refractivity contribution in [2.75, 3.05) is 26.2 Å². The van der Waals surface area contributed by atoms with Crippen molar-refractivity contribution in [2.24, 2.45) is 22.9 Å². The number of fused-ring (bicyclic) bond motifs is 5. The number of carbonyl (C=O) groups excluding carboxylic acids is 4. The summed E-state index contributed by atoms with van der Waals surface area (Å²) in [6.45, 7) is 0.181. The minimum absolute atomic E-state index is 0. The van der Waals surface area contributed by atoms with Gasteiger partial charge < -0.3 is 54.4 Å². The number of aliphatic hydroxyl groups is 1. The average molecular weight is 759 g/mol. The molecule has 1 heterocycles. The van der Waals surface area contributed by atoms with Gasteiger partial charge in [-0.1, -0.05) is 30.3 Å². The number of halogens is 4. The minimum atomic E-state index is -1.28. The van der Waals surface area contributed by atoms with E-state index in [2.05, 4.69) is 21.3 Å². The molecule has 1 aliphatic heterocycles. The fraction of sp³-hybridized carbons (Fsp3) is 0.467. The highest BCUT2D eigenvalue weighted by Crippen LogP contribution is 2.28. The molecule has 0 aliphatic carbocycles. The van der Waals surface area contributed by atoms with Crippen LogP contribution in [0.3, 0.4) is 0 Å². The van der Waals surface area contributed by atoms with E-state index in [9.17, 15) is 29.4 Å². The van der Waals surface area contributed by atoms with Crippen molar-refractivity contribution in [3.63, 3.8) is 0 Å². The molecule has 18 heteroatoms. The highest BCUT2D eigenvalue weighted by molar-refractivity contribution is 5.94. The number of rotatable bonds is 11. The molecule has 48 heavy (non-hydrogen) atoms. The van der Waals surface area contributed by atoms with Crippen LogP contribution in [0.15, 0.2) is 42.5 Å². The predicted octanol–water partition coefficient (Wildman–Crippen LogP) is -0.850. The van der Waals surface area contributed by atoms with Crippen LogP contribution in [0.1, 0.15) is 30.4 Å². The van der Waals surface area contributed by atoms with E-state index >= 15 is 0 Å². The van der Waals surface area contributed by atoms with Gasteiger partial charge in [-0.15, -0.1) is 49.6 Å². The van der Waals surface area contributed by atoms with E-state index in [1.54, 1.807) is 24.3 Å². The van der Waals surface area contributed by atoms with Crippen LogP contribution < -0.4 is 44.2 Å². The summed E-state index contributed by atoms with van der Waals surface area (Å²) in [5.74, 6) is -2.58. The Labute approximate surface area is 304 Å². The lowest BCUT2D eigenvalue weighted by atomic mass is 9.96. The maximum Gasteiger partial charge on any atom is 0.243 e. The summed E-state index contributed by atoms with van der Waals surface area (Å²) in [4.78, 5) is 52.3. The molecule has 4 bridgehead atoms. The van der Waals surface area contributed by atoms with Gasteiger partial charge in [-0.3, -0.25) is 19.2 Å². The number of aliphatic hydroxyl groups excluding tert-OH is 1. The number of carbonyl (C=O) groups is 4. The largest absolute Gasteiger partial charge is 0.508 e. The summed E-state index contributed by atoms with van der Waals surface area (Å²) >= 11 is 0. The number of aromatic hydroxyl groups is 1. The molecule has 0 saturated carbocycles. The third-order valence-corrected chi connectivity index (χ3v) is 7.37. The molecule has 0 spiro atoms. The van der Waals surface area contributed by atoms with Crippen molar-refractivity contribution in [2.45, 2.75) is 62.4 Å². The molecule has 0 fully saturated rings. The summed E-state index contributed by atoms with van der Waals surface area (Å²) in [6, 6.07) is 8.39. The molecule has 0 radical (unpaired) electrons. The average Bonchev–Trinajstić information content (AvgIpc) is 3.01. The number of phenols is 1. The van der Waals surface area contributed by atoms with Gasteiger partial charge in [-0.2, -0.15) is 0 Å². The van der Waals surface area contributed by atoms with Crippen LogP contribution in [-0.2, 0) is 32.0 Å². The van der Waals surface area contributed by atoms with Crippen LogP contribution in [0.4, 0.5) is 0 Å². The molecule has 2 aromatic rings. The minimum Gasteiger partial charge on any atom is -0.508 e. The van der Waals surface area contributed by atoms with Gasteiger partial charge in [-0.25, -0.2) is 0 Å². The van der Waals surface area contributed by atoms with Crippen LogP contribution in [0.25, 0.3) is 11.1 Å². The van der Waals surface area contributed by atoms with Gasteiger partial charge in [0.1, 0.15) is 17.8 Å². The van der Waals surface area contributed by atoms with Crippen LogP contribution in [0, 0.1) is 0 Å². The Morgan fingerprint density at radius 1 is 0.938 bits per heavy atom. The lowest BCUT2D eigenvalue weighted by molar-refractivity contribution is -0.133. The summed E-state index contributed by atoms with van der Waals surface area (Å²) in [5.41, 5.74) is 25.8. The second kappa shape index (κ2) is 23.4. The van der Waals surface area contributed by atoms with E-state index in [1.165, 1.54) is 6.07 Å². The molecule has 0 unspecified atom stereocenters. The number of benzene rings is 2. The van der Waals surface area contributed by atoms with E-state index in [-0.39, 0.29) is 100 Å². The Bertz CT molecular complexity index is 1330. The molecule has 5 atom stereocenters. The Morgan fingerprint density at radius 2 is 1.62 bits per heavy atom. The lowest BCUT2D eigenvalue weighted by Crippen LogP contribution is -2.57. The van der Waals surface area contributed by atoms with Gasteiger partial charge in [-0.05, 0) is 53.8 Å². The maximum absolute atomic E-state index is 13.5. The zero-order valence-corrected chi connectivity index (χ0v) is 29.5. The standard InChI is InChI=1S/C30H44N8O6.4ClH/c31-8-2-5-21(33)15-35-27(41)16-36-29(43)24-10-17-3-1-4-18(9-17)19-6-7-26(40)20(11-19)12-23(34)28(42)37-25(30(44)38-24)13-22(39)14-32;;;;/h1,3-4,6-7,9,11,21-25,39-40H,2,5,8,10,12-16,31-34H2,(H,35,41)(H,36,43)(H,37,42)(H,38,44);4*1H/t21-,22+,23-,24-,25-;;;;/m0..../s1. The molecule has 272 valence electrons. The van der Waals surface area contributed by atoms with Crippen molar-refractivity contribution in [3.05, 3.63) is 53.6 Å². The summed E-state index contributed by atoms with van der Waals surface area (Å²) < 4.78 is 0. The molecule has 0 saturated heterocycles.